The molecule has 0 heterocycles. The van der Waals surface area contributed by atoms with E-state index in [2.05, 4.69) is 12.2 Å². The van der Waals surface area contributed by atoms with Crippen LogP contribution in [0.5, 0.6) is 0 Å². The van der Waals surface area contributed by atoms with E-state index in [0.29, 0.717) is 6.54 Å². The molecule has 0 aliphatic heterocycles. The lowest BCUT2D eigenvalue weighted by Gasteiger charge is -2.17. The maximum absolute atomic E-state index is 12.3. The Morgan fingerprint density at radius 1 is 1.29 bits per heavy atom. The smallest absolute Gasteiger partial charge is 0.252 e. The summed E-state index contributed by atoms with van der Waals surface area (Å²) < 4.78 is 24.1. The van der Waals surface area contributed by atoms with Crippen molar-refractivity contribution in [3.63, 3.8) is 0 Å². The van der Waals surface area contributed by atoms with Gasteiger partial charge in [-0.05, 0) is 18.6 Å². The average molecular weight is 312 g/mol. The zero-order valence-corrected chi connectivity index (χ0v) is 13.4. The molecule has 1 amide bonds. The molecule has 0 bridgehead atoms. The van der Waals surface area contributed by atoms with Crippen molar-refractivity contribution in [1.29, 1.82) is 0 Å². The molecule has 1 aromatic carbocycles. The van der Waals surface area contributed by atoms with Gasteiger partial charge in [0.25, 0.3) is 5.91 Å². The average Bonchev–Trinajstić information content (AvgIpc) is 2.51. The van der Waals surface area contributed by atoms with Gasteiger partial charge in [0, 0.05) is 12.6 Å². The zero-order valence-electron chi connectivity index (χ0n) is 12.6. The number of hydrogen-bond donors (Lipinski definition) is 2. The molecule has 21 heavy (non-hydrogen) atoms. The van der Waals surface area contributed by atoms with Crippen LogP contribution in [-0.4, -0.2) is 32.7 Å². The molecule has 0 aliphatic rings. The first-order valence-electron chi connectivity index (χ1n) is 7.29. The summed E-state index contributed by atoms with van der Waals surface area (Å²) in [7, 11) is -3.43. The number of nitrogens with two attached hydrogens (primary N) is 1. The van der Waals surface area contributed by atoms with Crippen LogP contribution in [0.1, 0.15) is 43.5 Å². The molecule has 118 valence electrons. The normalized spacial score (nSPS) is 12.9. The number of hydrogen-bond acceptors (Lipinski definition) is 4. The molecule has 0 aromatic heterocycles. The van der Waals surface area contributed by atoms with Crippen molar-refractivity contribution in [2.45, 2.75) is 44.0 Å². The quantitative estimate of drug-likeness (QED) is 0.765. The van der Waals surface area contributed by atoms with Crippen LogP contribution in [0.15, 0.2) is 29.2 Å². The largest absolute Gasteiger partial charge is 0.348 e. The van der Waals surface area contributed by atoms with Crippen LogP contribution in [0.25, 0.3) is 0 Å². The highest BCUT2D eigenvalue weighted by Crippen LogP contribution is 2.17. The molecule has 0 fully saturated rings. The minimum atomic E-state index is -3.43. The summed E-state index contributed by atoms with van der Waals surface area (Å²) in [4.78, 5) is 12.4. The minimum Gasteiger partial charge on any atom is -0.348 e. The fourth-order valence-electron chi connectivity index (χ4n) is 2.04. The second-order valence-corrected chi connectivity index (χ2v) is 7.19. The summed E-state index contributed by atoms with van der Waals surface area (Å²) >= 11 is 0. The van der Waals surface area contributed by atoms with Gasteiger partial charge in [-0.1, -0.05) is 38.8 Å². The van der Waals surface area contributed by atoms with Crippen LogP contribution in [0.4, 0.5) is 0 Å². The number of unbranched alkanes of at least 4 members (excludes halogenated alkanes) is 1. The van der Waals surface area contributed by atoms with Gasteiger partial charge in [0.05, 0.1) is 16.2 Å². The van der Waals surface area contributed by atoms with E-state index in [1.165, 1.54) is 12.1 Å². The van der Waals surface area contributed by atoms with Crippen molar-refractivity contribution in [1.82, 2.24) is 5.32 Å². The number of rotatable bonds is 8. The molecule has 3 N–H and O–H groups in total. The SMILES string of the molecule is CCCCC(CN)NC(=O)c1ccccc1S(=O)(=O)CC. The summed E-state index contributed by atoms with van der Waals surface area (Å²) in [6, 6.07) is 6.15. The van der Waals surface area contributed by atoms with E-state index in [1.54, 1.807) is 19.1 Å². The summed E-state index contributed by atoms with van der Waals surface area (Å²) in [5.74, 6) is -0.415. The summed E-state index contributed by atoms with van der Waals surface area (Å²) in [5, 5.41) is 2.83. The molecule has 0 saturated carbocycles. The van der Waals surface area contributed by atoms with Crippen molar-refractivity contribution in [3.8, 4) is 0 Å². The topological polar surface area (TPSA) is 89.3 Å². The van der Waals surface area contributed by atoms with Gasteiger partial charge < -0.3 is 11.1 Å². The van der Waals surface area contributed by atoms with Crippen LogP contribution in [0, 0.1) is 0 Å². The fourth-order valence-corrected chi connectivity index (χ4v) is 3.14. The van der Waals surface area contributed by atoms with E-state index in [0.717, 1.165) is 19.3 Å². The Balaban J connectivity index is 2.98. The first-order valence-corrected chi connectivity index (χ1v) is 8.94. The fraction of sp³-hybridized carbons (Fsp3) is 0.533. The predicted octanol–water partition coefficient (Wildman–Crippen LogP) is 1.73. The standard InChI is InChI=1S/C15H24N2O3S/c1-3-5-8-12(11-16)17-15(18)13-9-6-7-10-14(13)21(19,20)4-2/h6-7,9-10,12H,3-5,8,11,16H2,1-2H3,(H,17,18). The molecule has 1 unspecified atom stereocenters. The van der Waals surface area contributed by atoms with Gasteiger partial charge in [-0.2, -0.15) is 0 Å². The van der Waals surface area contributed by atoms with E-state index in [-0.39, 0.29) is 28.2 Å². The molecule has 0 radical (unpaired) electrons. The van der Waals surface area contributed by atoms with Gasteiger partial charge in [0.2, 0.25) is 0 Å². The molecule has 1 atom stereocenters. The first kappa shape index (κ1) is 17.7. The monoisotopic (exact) mass is 312 g/mol. The Hall–Kier alpha value is -1.40. The third-order valence-corrected chi connectivity index (χ3v) is 5.16. The molecule has 6 heteroatoms. The Kier molecular flexibility index (Phi) is 6.84. The molecular formula is C15H24N2O3S. The third-order valence-electron chi connectivity index (χ3n) is 3.37. The molecule has 1 aromatic rings. The van der Waals surface area contributed by atoms with E-state index < -0.39 is 9.84 Å². The number of nitrogens with one attached hydrogen (secondary N) is 1. The number of sulfone groups is 1. The van der Waals surface area contributed by atoms with E-state index >= 15 is 0 Å². The van der Waals surface area contributed by atoms with Gasteiger partial charge in [-0.15, -0.1) is 0 Å². The molecule has 0 aliphatic carbocycles. The highest BCUT2D eigenvalue weighted by molar-refractivity contribution is 7.91. The zero-order chi connectivity index (χ0) is 15.9. The summed E-state index contributed by atoms with van der Waals surface area (Å²) in [6.45, 7) is 3.97. The van der Waals surface area contributed by atoms with E-state index in [9.17, 15) is 13.2 Å². The summed E-state index contributed by atoms with van der Waals surface area (Å²) in [5.41, 5.74) is 5.85. The number of carbonyl (C=O) groups excluding carboxylic acids is 1. The lowest BCUT2D eigenvalue weighted by atomic mass is 10.1. The van der Waals surface area contributed by atoms with Crippen LogP contribution < -0.4 is 11.1 Å². The molecule has 0 spiro atoms. The first-order chi connectivity index (χ1) is 9.96. The van der Waals surface area contributed by atoms with E-state index in [4.69, 9.17) is 5.73 Å². The van der Waals surface area contributed by atoms with Gasteiger partial charge in [0.15, 0.2) is 9.84 Å². The van der Waals surface area contributed by atoms with Gasteiger partial charge in [0.1, 0.15) is 0 Å². The predicted molar refractivity (Wildman–Crippen MR) is 84.0 cm³/mol. The molecular weight excluding hydrogens is 288 g/mol. The van der Waals surface area contributed by atoms with Crippen molar-refractivity contribution in [2.24, 2.45) is 5.73 Å². The third kappa shape index (κ3) is 4.82. The minimum absolute atomic E-state index is 0.0343. The number of benzene rings is 1. The lowest BCUT2D eigenvalue weighted by molar-refractivity contribution is 0.0932. The van der Waals surface area contributed by atoms with Crippen LogP contribution in [0.3, 0.4) is 0 Å². The Morgan fingerprint density at radius 3 is 2.52 bits per heavy atom. The van der Waals surface area contributed by atoms with Crippen LogP contribution >= 0.6 is 0 Å². The molecule has 5 nitrogen and oxygen atoms in total. The maximum atomic E-state index is 12.3. The number of amides is 1. The second kappa shape index (κ2) is 8.14. The Bertz CT molecular complexity index is 570. The van der Waals surface area contributed by atoms with Crippen molar-refractivity contribution in [3.05, 3.63) is 29.8 Å². The van der Waals surface area contributed by atoms with Crippen molar-refractivity contribution < 1.29 is 13.2 Å². The van der Waals surface area contributed by atoms with Crippen LogP contribution in [-0.2, 0) is 9.84 Å². The second-order valence-electron chi connectivity index (χ2n) is 4.95. The van der Waals surface area contributed by atoms with Gasteiger partial charge in [-0.25, -0.2) is 8.42 Å². The van der Waals surface area contributed by atoms with E-state index in [1.807, 2.05) is 0 Å². The lowest BCUT2D eigenvalue weighted by Crippen LogP contribution is -2.40. The highest BCUT2D eigenvalue weighted by atomic mass is 32.2. The van der Waals surface area contributed by atoms with Gasteiger partial charge >= 0.3 is 0 Å². The Labute approximate surface area is 126 Å². The molecule has 1 rings (SSSR count). The number of carbonyl (C=O) groups is 1. The maximum Gasteiger partial charge on any atom is 0.252 e. The van der Waals surface area contributed by atoms with Gasteiger partial charge in [-0.3, -0.25) is 4.79 Å². The Morgan fingerprint density at radius 2 is 1.95 bits per heavy atom. The molecule has 0 saturated heterocycles. The van der Waals surface area contributed by atoms with Crippen molar-refractivity contribution >= 4 is 15.7 Å². The summed E-state index contributed by atoms with van der Waals surface area (Å²) in [6.07, 6.45) is 2.78. The van der Waals surface area contributed by atoms with Crippen LogP contribution in [0.2, 0.25) is 0 Å². The highest BCUT2D eigenvalue weighted by Gasteiger charge is 2.21. The van der Waals surface area contributed by atoms with Crippen molar-refractivity contribution in [2.75, 3.05) is 12.3 Å².